The molecule has 0 spiro atoms. The van der Waals surface area contributed by atoms with E-state index in [9.17, 15) is 4.79 Å². The molecular formula is C9H15ClO. The average Bonchev–Trinajstić information content (AvgIpc) is 2.05. The van der Waals surface area contributed by atoms with E-state index in [1.807, 2.05) is 0 Å². The molecule has 1 aliphatic carbocycles. The van der Waals surface area contributed by atoms with E-state index < -0.39 is 0 Å². The lowest BCUT2D eigenvalue weighted by Gasteiger charge is -2.20. The molecular weight excluding hydrogens is 160 g/mol. The third-order valence-electron chi connectivity index (χ3n) is 2.40. The molecule has 0 aromatic carbocycles. The summed E-state index contributed by atoms with van der Waals surface area (Å²) < 4.78 is 0. The SMILES string of the molecule is CC(Cl)C(=O)C1CCCCC1. The molecule has 1 fully saturated rings. The second kappa shape index (κ2) is 4.10. The van der Waals surface area contributed by atoms with E-state index >= 15 is 0 Å². The topological polar surface area (TPSA) is 17.1 Å². The molecule has 0 heterocycles. The Hall–Kier alpha value is -0.0400. The number of ketones is 1. The summed E-state index contributed by atoms with van der Waals surface area (Å²) in [6, 6.07) is 0. The van der Waals surface area contributed by atoms with Crippen LogP contribution in [0.25, 0.3) is 0 Å². The number of alkyl halides is 1. The van der Waals surface area contributed by atoms with Gasteiger partial charge in [0.15, 0.2) is 5.78 Å². The van der Waals surface area contributed by atoms with Crippen LogP contribution in [0.15, 0.2) is 0 Å². The summed E-state index contributed by atoms with van der Waals surface area (Å²) in [5.41, 5.74) is 0. The Labute approximate surface area is 73.1 Å². The molecule has 0 aromatic heterocycles. The maximum Gasteiger partial charge on any atom is 0.153 e. The number of hydrogen-bond acceptors (Lipinski definition) is 1. The van der Waals surface area contributed by atoms with E-state index in [1.165, 1.54) is 19.3 Å². The van der Waals surface area contributed by atoms with Gasteiger partial charge in [0.2, 0.25) is 0 Å². The first-order chi connectivity index (χ1) is 5.22. The number of rotatable bonds is 2. The van der Waals surface area contributed by atoms with Crippen molar-refractivity contribution in [1.29, 1.82) is 0 Å². The highest BCUT2D eigenvalue weighted by atomic mass is 35.5. The molecule has 0 saturated heterocycles. The van der Waals surface area contributed by atoms with Gasteiger partial charge in [-0.1, -0.05) is 19.3 Å². The number of Topliss-reactive ketones (excluding diaryl/α,β-unsaturated/α-hetero) is 1. The molecule has 1 unspecified atom stereocenters. The second-order valence-electron chi connectivity index (χ2n) is 3.35. The van der Waals surface area contributed by atoms with Crippen molar-refractivity contribution in [3.05, 3.63) is 0 Å². The van der Waals surface area contributed by atoms with Crippen molar-refractivity contribution in [2.45, 2.75) is 44.4 Å². The zero-order chi connectivity index (χ0) is 8.27. The van der Waals surface area contributed by atoms with Gasteiger partial charge in [-0.2, -0.15) is 0 Å². The molecule has 1 atom stereocenters. The fourth-order valence-corrected chi connectivity index (χ4v) is 1.89. The summed E-state index contributed by atoms with van der Waals surface area (Å²) in [6.45, 7) is 1.78. The van der Waals surface area contributed by atoms with Crippen LogP contribution >= 0.6 is 11.6 Å². The molecule has 2 heteroatoms. The molecule has 0 aromatic rings. The molecule has 0 radical (unpaired) electrons. The Bertz CT molecular complexity index is 136. The third kappa shape index (κ3) is 2.48. The highest BCUT2D eigenvalue weighted by Gasteiger charge is 2.23. The summed E-state index contributed by atoms with van der Waals surface area (Å²) in [6.07, 6.45) is 5.84. The van der Waals surface area contributed by atoms with Gasteiger partial charge in [-0.15, -0.1) is 11.6 Å². The van der Waals surface area contributed by atoms with Crippen molar-refractivity contribution in [3.8, 4) is 0 Å². The van der Waals surface area contributed by atoms with Gasteiger partial charge in [0.25, 0.3) is 0 Å². The average molecular weight is 175 g/mol. The summed E-state index contributed by atoms with van der Waals surface area (Å²) in [5, 5.41) is -0.280. The van der Waals surface area contributed by atoms with Gasteiger partial charge in [0.1, 0.15) is 0 Å². The Kier molecular flexibility index (Phi) is 3.38. The molecule has 1 rings (SSSR count). The minimum atomic E-state index is -0.280. The molecule has 0 amide bonds. The van der Waals surface area contributed by atoms with Crippen LogP contribution in [-0.4, -0.2) is 11.2 Å². The van der Waals surface area contributed by atoms with Gasteiger partial charge in [-0.05, 0) is 19.8 Å². The monoisotopic (exact) mass is 174 g/mol. The van der Waals surface area contributed by atoms with E-state index in [-0.39, 0.29) is 17.1 Å². The number of carbonyl (C=O) groups is 1. The normalized spacial score (nSPS) is 23.1. The summed E-state index contributed by atoms with van der Waals surface area (Å²) in [5.74, 6) is 0.530. The minimum Gasteiger partial charge on any atom is -0.298 e. The van der Waals surface area contributed by atoms with Gasteiger partial charge in [-0.3, -0.25) is 4.79 Å². The van der Waals surface area contributed by atoms with Crippen LogP contribution in [0, 0.1) is 5.92 Å². The Balaban J connectivity index is 2.39. The van der Waals surface area contributed by atoms with Gasteiger partial charge in [0, 0.05) is 5.92 Å². The standard InChI is InChI=1S/C9H15ClO/c1-7(10)9(11)8-5-3-2-4-6-8/h7-8H,2-6H2,1H3. The zero-order valence-electron chi connectivity index (χ0n) is 6.98. The van der Waals surface area contributed by atoms with Crippen LogP contribution in [0.2, 0.25) is 0 Å². The van der Waals surface area contributed by atoms with Crippen LogP contribution in [0.3, 0.4) is 0 Å². The lowest BCUT2D eigenvalue weighted by molar-refractivity contribution is -0.123. The summed E-state index contributed by atoms with van der Waals surface area (Å²) in [4.78, 5) is 11.4. The van der Waals surface area contributed by atoms with Crippen LogP contribution in [0.1, 0.15) is 39.0 Å². The number of carbonyl (C=O) groups excluding carboxylic acids is 1. The summed E-state index contributed by atoms with van der Waals surface area (Å²) in [7, 11) is 0. The lowest BCUT2D eigenvalue weighted by Crippen LogP contribution is -2.23. The highest BCUT2D eigenvalue weighted by Crippen LogP contribution is 2.26. The van der Waals surface area contributed by atoms with Crippen molar-refractivity contribution in [1.82, 2.24) is 0 Å². The van der Waals surface area contributed by atoms with E-state index in [4.69, 9.17) is 11.6 Å². The molecule has 0 aliphatic heterocycles. The Morgan fingerprint density at radius 1 is 1.36 bits per heavy atom. The highest BCUT2D eigenvalue weighted by molar-refractivity contribution is 6.31. The Morgan fingerprint density at radius 3 is 2.36 bits per heavy atom. The van der Waals surface area contributed by atoms with Crippen molar-refractivity contribution in [2.24, 2.45) is 5.92 Å². The molecule has 1 saturated carbocycles. The molecule has 0 N–H and O–H groups in total. The first-order valence-corrected chi connectivity index (χ1v) is 4.83. The fraction of sp³-hybridized carbons (Fsp3) is 0.889. The van der Waals surface area contributed by atoms with E-state index in [0.29, 0.717) is 0 Å². The fourth-order valence-electron chi connectivity index (χ4n) is 1.71. The lowest BCUT2D eigenvalue weighted by atomic mass is 9.85. The quantitative estimate of drug-likeness (QED) is 0.589. The molecule has 1 nitrogen and oxygen atoms in total. The van der Waals surface area contributed by atoms with Crippen molar-refractivity contribution in [3.63, 3.8) is 0 Å². The molecule has 0 bridgehead atoms. The first kappa shape index (κ1) is 9.05. The van der Waals surface area contributed by atoms with E-state index in [1.54, 1.807) is 6.92 Å². The van der Waals surface area contributed by atoms with Gasteiger partial charge < -0.3 is 0 Å². The van der Waals surface area contributed by atoms with Crippen molar-refractivity contribution >= 4 is 17.4 Å². The minimum absolute atomic E-state index is 0.256. The second-order valence-corrected chi connectivity index (χ2v) is 4.01. The van der Waals surface area contributed by atoms with E-state index in [2.05, 4.69) is 0 Å². The largest absolute Gasteiger partial charge is 0.298 e. The zero-order valence-corrected chi connectivity index (χ0v) is 7.73. The maximum absolute atomic E-state index is 11.4. The van der Waals surface area contributed by atoms with Crippen LogP contribution in [0.4, 0.5) is 0 Å². The van der Waals surface area contributed by atoms with Crippen LogP contribution in [0.5, 0.6) is 0 Å². The molecule has 11 heavy (non-hydrogen) atoms. The molecule has 64 valence electrons. The predicted molar refractivity (Wildman–Crippen MR) is 46.9 cm³/mol. The predicted octanol–water partition coefficient (Wildman–Crippen LogP) is 2.76. The Morgan fingerprint density at radius 2 is 1.91 bits per heavy atom. The van der Waals surface area contributed by atoms with Gasteiger partial charge >= 0.3 is 0 Å². The smallest absolute Gasteiger partial charge is 0.153 e. The third-order valence-corrected chi connectivity index (χ3v) is 2.61. The van der Waals surface area contributed by atoms with Crippen molar-refractivity contribution in [2.75, 3.05) is 0 Å². The molecule has 1 aliphatic rings. The number of halogens is 1. The van der Waals surface area contributed by atoms with Crippen molar-refractivity contribution < 1.29 is 4.79 Å². The number of hydrogen-bond donors (Lipinski definition) is 0. The first-order valence-electron chi connectivity index (χ1n) is 4.39. The van der Waals surface area contributed by atoms with Gasteiger partial charge in [0.05, 0.1) is 5.38 Å². The summed E-state index contributed by atoms with van der Waals surface area (Å²) >= 11 is 5.71. The van der Waals surface area contributed by atoms with Gasteiger partial charge in [-0.25, -0.2) is 0 Å². The van der Waals surface area contributed by atoms with E-state index in [0.717, 1.165) is 12.8 Å². The van der Waals surface area contributed by atoms with Crippen LogP contribution < -0.4 is 0 Å². The maximum atomic E-state index is 11.4. The van der Waals surface area contributed by atoms with Crippen LogP contribution in [-0.2, 0) is 4.79 Å².